The van der Waals surface area contributed by atoms with Crippen LogP contribution in [0.1, 0.15) is 35.8 Å². The Balaban J connectivity index is 2.38. The van der Waals surface area contributed by atoms with Gasteiger partial charge < -0.3 is 15.2 Å². The van der Waals surface area contributed by atoms with E-state index >= 15 is 0 Å². The highest BCUT2D eigenvalue weighted by Crippen LogP contribution is 2.38. The molecule has 1 aliphatic heterocycles. The van der Waals surface area contributed by atoms with E-state index in [0.717, 1.165) is 31.7 Å². The summed E-state index contributed by atoms with van der Waals surface area (Å²) in [6.45, 7) is 7.94. The molecule has 1 atom stereocenters. The molecular formula is C17H26N2O3. The van der Waals surface area contributed by atoms with Crippen LogP contribution in [0.3, 0.4) is 0 Å². The predicted octanol–water partition coefficient (Wildman–Crippen LogP) is 1.44. The molecule has 0 saturated carbocycles. The van der Waals surface area contributed by atoms with Crippen molar-refractivity contribution in [2.75, 3.05) is 39.9 Å². The van der Waals surface area contributed by atoms with E-state index in [1.54, 1.807) is 6.07 Å². The van der Waals surface area contributed by atoms with Gasteiger partial charge in [-0.2, -0.15) is 0 Å². The molecule has 0 radical (unpaired) electrons. The van der Waals surface area contributed by atoms with Crippen LogP contribution < -0.4 is 5.32 Å². The molecule has 1 fully saturated rings. The Bertz CT molecular complexity index is 510. The van der Waals surface area contributed by atoms with Gasteiger partial charge in [0.2, 0.25) is 0 Å². The maximum Gasteiger partial charge on any atom is 0.337 e. The van der Waals surface area contributed by atoms with Crippen LogP contribution >= 0.6 is 0 Å². The molecule has 2 N–H and O–H groups in total. The van der Waals surface area contributed by atoms with Crippen molar-refractivity contribution in [2.24, 2.45) is 5.41 Å². The lowest BCUT2D eigenvalue weighted by molar-refractivity contribution is 0.0304. The number of aliphatic hydroxyl groups excluding tert-OH is 1. The lowest BCUT2D eigenvalue weighted by atomic mass is 9.79. The minimum absolute atomic E-state index is 0.0595. The summed E-state index contributed by atoms with van der Waals surface area (Å²) in [5.74, 6) is -0.331. The number of carbonyl (C=O) groups is 1. The van der Waals surface area contributed by atoms with Gasteiger partial charge in [-0.3, -0.25) is 4.90 Å². The van der Waals surface area contributed by atoms with Crippen LogP contribution in [0.5, 0.6) is 0 Å². The zero-order valence-electron chi connectivity index (χ0n) is 13.6. The Morgan fingerprint density at radius 3 is 2.68 bits per heavy atom. The molecule has 0 unspecified atom stereocenters. The normalized spacial score (nSPS) is 18.0. The van der Waals surface area contributed by atoms with Crippen molar-refractivity contribution >= 4 is 5.97 Å². The van der Waals surface area contributed by atoms with Crippen LogP contribution in [0.4, 0.5) is 0 Å². The first kappa shape index (κ1) is 16.9. The molecule has 1 aromatic rings. The molecule has 0 aromatic heterocycles. The number of carbonyl (C=O) groups excluding carboxylic acids is 1. The molecule has 0 amide bonds. The summed E-state index contributed by atoms with van der Waals surface area (Å²) in [5.41, 5.74) is 1.30. The van der Waals surface area contributed by atoms with E-state index in [9.17, 15) is 9.90 Å². The quantitative estimate of drug-likeness (QED) is 0.806. The summed E-state index contributed by atoms with van der Waals surface area (Å²) in [6, 6.07) is 7.61. The van der Waals surface area contributed by atoms with Gasteiger partial charge in [0.15, 0.2) is 0 Å². The monoisotopic (exact) mass is 306 g/mol. The van der Waals surface area contributed by atoms with E-state index in [1.165, 1.54) is 7.11 Å². The van der Waals surface area contributed by atoms with Gasteiger partial charge in [0, 0.05) is 44.2 Å². The summed E-state index contributed by atoms with van der Waals surface area (Å²) >= 11 is 0. The van der Waals surface area contributed by atoms with Crippen molar-refractivity contribution < 1.29 is 14.6 Å². The van der Waals surface area contributed by atoms with E-state index in [4.69, 9.17) is 4.74 Å². The van der Waals surface area contributed by atoms with E-state index < -0.39 is 0 Å². The van der Waals surface area contributed by atoms with Gasteiger partial charge >= 0.3 is 5.97 Å². The third-order valence-electron chi connectivity index (χ3n) is 4.29. The molecular weight excluding hydrogens is 280 g/mol. The van der Waals surface area contributed by atoms with E-state index in [0.29, 0.717) is 5.56 Å². The molecule has 0 spiro atoms. The summed E-state index contributed by atoms with van der Waals surface area (Å²) in [4.78, 5) is 14.2. The van der Waals surface area contributed by atoms with E-state index in [1.807, 2.05) is 18.2 Å². The SMILES string of the molecule is COC(=O)c1cccc([C@H](N2CCNCC2)C(C)(C)CO)c1. The Kier molecular flexibility index (Phi) is 5.56. The minimum atomic E-state index is -0.331. The standard InChI is InChI=1S/C17H26N2O3/c1-17(2,12-20)15(19-9-7-18-8-10-19)13-5-4-6-14(11-13)16(21)22-3/h4-6,11,15,18,20H,7-10,12H2,1-3H3/t15-/m0/s1. The van der Waals surface area contributed by atoms with E-state index in [-0.39, 0.29) is 24.0 Å². The average Bonchev–Trinajstić information content (AvgIpc) is 2.55. The second kappa shape index (κ2) is 7.22. The van der Waals surface area contributed by atoms with Gasteiger partial charge in [-0.05, 0) is 17.7 Å². The summed E-state index contributed by atoms with van der Waals surface area (Å²) in [7, 11) is 1.39. The fourth-order valence-electron chi connectivity index (χ4n) is 3.14. The molecule has 1 heterocycles. The number of aliphatic hydroxyl groups is 1. The number of rotatable bonds is 5. The minimum Gasteiger partial charge on any atom is -0.465 e. The molecule has 2 rings (SSSR count). The van der Waals surface area contributed by atoms with Gasteiger partial charge in [-0.1, -0.05) is 26.0 Å². The molecule has 0 bridgehead atoms. The summed E-state index contributed by atoms with van der Waals surface area (Å²) in [5, 5.41) is 13.2. The van der Waals surface area contributed by atoms with Gasteiger partial charge in [-0.15, -0.1) is 0 Å². The number of methoxy groups -OCH3 is 1. The number of ether oxygens (including phenoxy) is 1. The molecule has 0 aliphatic carbocycles. The van der Waals surface area contributed by atoms with Gasteiger partial charge in [-0.25, -0.2) is 4.79 Å². The van der Waals surface area contributed by atoms with Crippen LogP contribution in [0, 0.1) is 5.41 Å². The van der Waals surface area contributed by atoms with Gasteiger partial charge in [0.25, 0.3) is 0 Å². The smallest absolute Gasteiger partial charge is 0.337 e. The van der Waals surface area contributed by atoms with Crippen LogP contribution in [0.15, 0.2) is 24.3 Å². The number of piperazine rings is 1. The predicted molar refractivity (Wildman–Crippen MR) is 85.8 cm³/mol. The first-order valence-corrected chi connectivity index (χ1v) is 7.73. The largest absolute Gasteiger partial charge is 0.465 e. The van der Waals surface area contributed by atoms with Crippen LogP contribution in [0.2, 0.25) is 0 Å². The topological polar surface area (TPSA) is 61.8 Å². The number of esters is 1. The van der Waals surface area contributed by atoms with Crippen molar-refractivity contribution in [3.63, 3.8) is 0 Å². The van der Waals surface area contributed by atoms with Crippen molar-refractivity contribution in [2.45, 2.75) is 19.9 Å². The zero-order chi connectivity index (χ0) is 16.2. The Morgan fingerprint density at radius 1 is 1.41 bits per heavy atom. The number of hydrogen-bond donors (Lipinski definition) is 2. The number of benzene rings is 1. The molecule has 1 saturated heterocycles. The Hall–Kier alpha value is -1.43. The van der Waals surface area contributed by atoms with Crippen molar-refractivity contribution in [1.29, 1.82) is 0 Å². The van der Waals surface area contributed by atoms with Gasteiger partial charge in [0.1, 0.15) is 0 Å². The second-order valence-corrected chi connectivity index (χ2v) is 6.45. The number of hydrogen-bond acceptors (Lipinski definition) is 5. The first-order valence-electron chi connectivity index (χ1n) is 7.73. The second-order valence-electron chi connectivity index (χ2n) is 6.45. The van der Waals surface area contributed by atoms with Crippen LogP contribution in [-0.2, 0) is 4.74 Å². The van der Waals surface area contributed by atoms with Gasteiger partial charge in [0.05, 0.1) is 12.7 Å². The van der Waals surface area contributed by atoms with Crippen LogP contribution in [0.25, 0.3) is 0 Å². The number of nitrogens with zero attached hydrogens (tertiary/aromatic N) is 1. The summed E-state index contributed by atoms with van der Waals surface area (Å²) < 4.78 is 4.82. The first-order chi connectivity index (χ1) is 10.5. The highest BCUT2D eigenvalue weighted by atomic mass is 16.5. The Labute approximate surface area is 132 Å². The molecule has 122 valence electrons. The van der Waals surface area contributed by atoms with Crippen molar-refractivity contribution in [1.82, 2.24) is 10.2 Å². The molecule has 5 nitrogen and oxygen atoms in total. The maximum atomic E-state index is 11.8. The highest BCUT2D eigenvalue weighted by Gasteiger charge is 2.35. The molecule has 1 aliphatic rings. The van der Waals surface area contributed by atoms with Crippen molar-refractivity contribution in [3.8, 4) is 0 Å². The van der Waals surface area contributed by atoms with Crippen LogP contribution in [-0.4, -0.2) is 55.9 Å². The fourth-order valence-corrected chi connectivity index (χ4v) is 3.14. The highest BCUT2D eigenvalue weighted by molar-refractivity contribution is 5.89. The number of nitrogens with one attached hydrogen (secondary N) is 1. The molecule has 5 heteroatoms. The zero-order valence-corrected chi connectivity index (χ0v) is 13.6. The lowest BCUT2D eigenvalue weighted by Gasteiger charge is -2.43. The third kappa shape index (κ3) is 3.66. The molecule has 1 aromatic carbocycles. The average molecular weight is 306 g/mol. The van der Waals surface area contributed by atoms with Crippen molar-refractivity contribution in [3.05, 3.63) is 35.4 Å². The Morgan fingerprint density at radius 2 is 2.09 bits per heavy atom. The fraction of sp³-hybridized carbons (Fsp3) is 0.588. The lowest BCUT2D eigenvalue weighted by Crippen LogP contribution is -2.49. The maximum absolute atomic E-state index is 11.8. The molecule has 22 heavy (non-hydrogen) atoms. The third-order valence-corrected chi connectivity index (χ3v) is 4.29. The van der Waals surface area contributed by atoms with E-state index in [2.05, 4.69) is 24.1 Å². The summed E-state index contributed by atoms with van der Waals surface area (Å²) in [6.07, 6.45) is 0.